The number of carboxylic acid groups (broad SMARTS) is 1. The van der Waals surface area contributed by atoms with Crippen molar-refractivity contribution in [2.45, 2.75) is 26.7 Å². The van der Waals surface area contributed by atoms with Gasteiger partial charge in [0.15, 0.2) is 0 Å². The highest BCUT2D eigenvalue weighted by atomic mass is 16.4. The number of rotatable bonds is 2. The van der Waals surface area contributed by atoms with E-state index in [9.17, 15) is 4.79 Å². The molecule has 0 saturated heterocycles. The molecule has 0 saturated carbocycles. The Balaban J connectivity index is 2.80. The van der Waals surface area contributed by atoms with Crippen LogP contribution in [0.15, 0.2) is 11.6 Å². The van der Waals surface area contributed by atoms with Gasteiger partial charge in [0.1, 0.15) is 0 Å². The van der Waals surface area contributed by atoms with Gasteiger partial charge < -0.3 is 5.11 Å². The number of allylic oxidation sites excluding steroid dienone is 1. The van der Waals surface area contributed by atoms with Crippen LogP contribution in [0.2, 0.25) is 0 Å². The van der Waals surface area contributed by atoms with Crippen LogP contribution in [-0.4, -0.2) is 11.1 Å². The SMILES string of the molecule is CC(C)(C#N)[C@H]1C=C(C(=O)O)CC1. The van der Waals surface area contributed by atoms with Gasteiger partial charge in [-0.15, -0.1) is 0 Å². The average molecular weight is 179 g/mol. The van der Waals surface area contributed by atoms with Gasteiger partial charge in [-0.25, -0.2) is 4.79 Å². The van der Waals surface area contributed by atoms with Gasteiger partial charge in [0.05, 0.1) is 11.5 Å². The lowest BCUT2D eigenvalue weighted by Crippen LogP contribution is -2.18. The number of carbonyl (C=O) groups is 1. The highest BCUT2D eigenvalue weighted by molar-refractivity contribution is 5.87. The van der Waals surface area contributed by atoms with Crippen molar-refractivity contribution in [1.82, 2.24) is 0 Å². The number of nitriles is 1. The van der Waals surface area contributed by atoms with Crippen LogP contribution in [0.5, 0.6) is 0 Å². The predicted octanol–water partition coefficient (Wildman–Crippen LogP) is 1.96. The second-order valence-corrected chi connectivity index (χ2v) is 3.98. The molecule has 0 heterocycles. The molecule has 1 atom stereocenters. The predicted molar refractivity (Wildman–Crippen MR) is 47.8 cm³/mol. The first-order valence-electron chi connectivity index (χ1n) is 4.32. The van der Waals surface area contributed by atoms with Crippen LogP contribution in [0, 0.1) is 22.7 Å². The molecule has 0 fully saturated rings. The maximum atomic E-state index is 10.6. The maximum Gasteiger partial charge on any atom is 0.331 e. The first kappa shape index (κ1) is 9.79. The summed E-state index contributed by atoms with van der Waals surface area (Å²) in [5.41, 5.74) is 0.00493. The molecule has 0 spiro atoms. The number of hydrogen-bond donors (Lipinski definition) is 1. The fourth-order valence-corrected chi connectivity index (χ4v) is 1.55. The normalized spacial score (nSPS) is 22.2. The minimum absolute atomic E-state index is 0.0867. The molecular formula is C10H13NO2. The first-order chi connectivity index (χ1) is 5.97. The van der Waals surface area contributed by atoms with Crippen LogP contribution >= 0.6 is 0 Å². The van der Waals surface area contributed by atoms with Crippen LogP contribution in [-0.2, 0) is 4.79 Å². The molecule has 0 aromatic heterocycles. The third kappa shape index (κ3) is 1.89. The molecule has 3 heteroatoms. The summed E-state index contributed by atoms with van der Waals surface area (Å²) >= 11 is 0. The molecule has 0 unspecified atom stereocenters. The summed E-state index contributed by atoms with van der Waals surface area (Å²) in [5.74, 6) is -0.764. The van der Waals surface area contributed by atoms with Gasteiger partial charge in [0.25, 0.3) is 0 Å². The minimum Gasteiger partial charge on any atom is -0.478 e. The fourth-order valence-electron chi connectivity index (χ4n) is 1.55. The summed E-state index contributed by atoms with van der Waals surface area (Å²) < 4.78 is 0. The quantitative estimate of drug-likeness (QED) is 0.704. The summed E-state index contributed by atoms with van der Waals surface area (Å²) in [7, 11) is 0. The largest absolute Gasteiger partial charge is 0.478 e. The maximum absolute atomic E-state index is 10.6. The minimum atomic E-state index is -0.851. The molecule has 0 amide bonds. The topological polar surface area (TPSA) is 61.1 Å². The summed E-state index contributed by atoms with van der Waals surface area (Å²) in [6, 6.07) is 2.21. The molecule has 0 aromatic carbocycles. The molecule has 1 aliphatic rings. The smallest absolute Gasteiger partial charge is 0.331 e. The van der Waals surface area contributed by atoms with Gasteiger partial charge in [-0.2, -0.15) is 5.26 Å². The highest BCUT2D eigenvalue weighted by Crippen LogP contribution is 2.37. The second kappa shape index (κ2) is 3.21. The number of aliphatic carboxylic acids is 1. The van der Waals surface area contributed by atoms with E-state index in [-0.39, 0.29) is 5.92 Å². The lowest BCUT2D eigenvalue weighted by atomic mass is 9.80. The summed E-state index contributed by atoms with van der Waals surface area (Å²) in [6.45, 7) is 3.69. The van der Waals surface area contributed by atoms with Gasteiger partial charge in [0.2, 0.25) is 0 Å². The number of carboxylic acids is 1. The second-order valence-electron chi connectivity index (χ2n) is 3.98. The van der Waals surface area contributed by atoms with Crippen LogP contribution in [0.25, 0.3) is 0 Å². The van der Waals surface area contributed by atoms with Crippen LogP contribution in [0.1, 0.15) is 26.7 Å². The molecular weight excluding hydrogens is 166 g/mol. The molecule has 70 valence electrons. The van der Waals surface area contributed by atoms with E-state index in [0.717, 1.165) is 6.42 Å². The Kier molecular flexibility index (Phi) is 2.42. The van der Waals surface area contributed by atoms with Gasteiger partial charge in [-0.05, 0) is 32.6 Å². The van der Waals surface area contributed by atoms with Gasteiger partial charge in [-0.3, -0.25) is 0 Å². The lowest BCUT2D eigenvalue weighted by Gasteiger charge is -2.21. The van der Waals surface area contributed by atoms with Crippen molar-refractivity contribution in [1.29, 1.82) is 5.26 Å². The Bertz CT molecular complexity index is 297. The van der Waals surface area contributed by atoms with E-state index in [0.29, 0.717) is 12.0 Å². The van der Waals surface area contributed by atoms with E-state index in [4.69, 9.17) is 10.4 Å². The zero-order valence-electron chi connectivity index (χ0n) is 7.87. The van der Waals surface area contributed by atoms with E-state index >= 15 is 0 Å². The summed E-state index contributed by atoms with van der Waals surface area (Å²) in [6.07, 6.45) is 3.10. The van der Waals surface area contributed by atoms with E-state index in [1.54, 1.807) is 6.08 Å². The Morgan fingerprint density at radius 3 is 2.77 bits per heavy atom. The molecule has 1 rings (SSSR count). The Morgan fingerprint density at radius 2 is 2.38 bits per heavy atom. The molecule has 0 bridgehead atoms. The zero-order chi connectivity index (χ0) is 10.1. The fraction of sp³-hybridized carbons (Fsp3) is 0.600. The van der Waals surface area contributed by atoms with E-state index in [2.05, 4.69) is 6.07 Å². The standard InChI is InChI=1S/C10H13NO2/c1-10(2,6-11)8-4-3-7(5-8)9(12)13/h5,8H,3-4H2,1-2H3,(H,12,13)/t8-/m1/s1. The summed E-state index contributed by atoms with van der Waals surface area (Å²) in [4.78, 5) is 10.6. The highest BCUT2D eigenvalue weighted by Gasteiger charge is 2.32. The van der Waals surface area contributed by atoms with Crippen molar-refractivity contribution in [2.75, 3.05) is 0 Å². The van der Waals surface area contributed by atoms with Crippen molar-refractivity contribution in [3.05, 3.63) is 11.6 Å². The molecule has 0 aromatic rings. The Morgan fingerprint density at radius 1 is 1.77 bits per heavy atom. The Hall–Kier alpha value is -1.30. The van der Waals surface area contributed by atoms with Crippen LogP contribution in [0.3, 0.4) is 0 Å². The third-order valence-electron chi connectivity index (χ3n) is 2.62. The molecule has 0 radical (unpaired) electrons. The lowest BCUT2D eigenvalue weighted by molar-refractivity contribution is -0.132. The van der Waals surface area contributed by atoms with Crippen LogP contribution in [0.4, 0.5) is 0 Å². The Labute approximate surface area is 77.7 Å². The molecule has 3 nitrogen and oxygen atoms in total. The molecule has 1 aliphatic carbocycles. The zero-order valence-corrected chi connectivity index (χ0v) is 7.87. The molecule has 1 N–H and O–H groups in total. The average Bonchev–Trinajstić information content (AvgIpc) is 2.52. The van der Waals surface area contributed by atoms with Gasteiger partial charge in [-0.1, -0.05) is 6.08 Å². The monoisotopic (exact) mass is 179 g/mol. The van der Waals surface area contributed by atoms with E-state index in [1.165, 1.54) is 0 Å². The van der Waals surface area contributed by atoms with Crippen molar-refractivity contribution in [2.24, 2.45) is 11.3 Å². The molecule has 0 aliphatic heterocycles. The third-order valence-corrected chi connectivity index (χ3v) is 2.62. The van der Waals surface area contributed by atoms with Crippen LogP contribution < -0.4 is 0 Å². The number of nitrogens with zero attached hydrogens (tertiary/aromatic N) is 1. The van der Waals surface area contributed by atoms with Crippen molar-refractivity contribution >= 4 is 5.97 Å². The van der Waals surface area contributed by atoms with Gasteiger partial charge in [0, 0.05) is 5.57 Å². The van der Waals surface area contributed by atoms with Gasteiger partial charge >= 0.3 is 5.97 Å². The first-order valence-corrected chi connectivity index (χ1v) is 4.32. The summed E-state index contributed by atoms with van der Waals surface area (Å²) in [5, 5.41) is 17.6. The van der Waals surface area contributed by atoms with Crippen molar-refractivity contribution < 1.29 is 9.90 Å². The van der Waals surface area contributed by atoms with Crippen molar-refractivity contribution in [3.63, 3.8) is 0 Å². The number of hydrogen-bond acceptors (Lipinski definition) is 2. The molecule has 13 heavy (non-hydrogen) atoms. The van der Waals surface area contributed by atoms with E-state index in [1.807, 2.05) is 13.8 Å². The van der Waals surface area contributed by atoms with Crippen molar-refractivity contribution in [3.8, 4) is 6.07 Å². The van der Waals surface area contributed by atoms with E-state index < -0.39 is 11.4 Å².